The number of halogens is 2. The first-order valence-corrected chi connectivity index (χ1v) is 14.5. The second kappa shape index (κ2) is 10.8. The minimum atomic E-state index is -3.58. The van der Waals surface area contributed by atoms with Crippen LogP contribution in [-0.2, 0) is 27.1 Å². The highest BCUT2D eigenvalue weighted by Gasteiger charge is 2.35. The van der Waals surface area contributed by atoms with Crippen molar-refractivity contribution in [2.45, 2.75) is 25.1 Å². The van der Waals surface area contributed by atoms with Gasteiger partial charge in [0.2, 0.25) is 22.7 Å². The Hall–Kier alpha value is -2.04. The van der Waals surface area contributed by atoms with E-state index in [9.17, 15) is 13.2 Å². The molecule has 8 nitrogen and oxygen atoms in total. The largest absolute Gasteiger partial charge is 0.454 e. The maximum absolute atomic E-state index is 13.3. The zero-order valence-corrected chi connectivity index (χ0v) is 22.2. The van der Waals surface area contributed by atoms with E-state index in [2.05, 4.69) is 4.90 Å². The van der Waals surface area contributed by atoms with Gasteiger partial charge in [0.15, 0.2) is 11.5 Å². The Morgan fingerprint density at radius 2 is 1.67 bits per heavy atom. The van der Waals surface area contributed by atoms with Gasteiger partial charge in [-0.25, -0.2) is 12.7 Å². The van der Waals surface area contributed by atoms with Crippen LogP contribution in [0, 0.1) is 5.92 Å². The second-order valence-corrected chi connectivity index (χ2v) is 12.3. The second-order valence-electron chi connectivity index (χ2n) is 9.49. The van der Waals surface area contributed by atoms with Gasteiger partial charge in [0.05, 0.1) is 21.7 Å². The summed E-state index contributed by atoms with van der Waals surface area (Å²) in [7, 11) is -3.58. The van der Waals surface area contributed by atoms with Crippen LogP contribution in [0.5, 0.6) is 11.5 Å². The molecule has 2 aromatic rings. The molecule has 1 atom stereocenters. The predicted octanol–water partition coefficient (Wildman–Crippen LogP) is 3.61. The molecule has 36 heavy (non-hydrogen) atoms. The molecule has 2 saturated heterocycles. The number of nitrogens with zero attached hydrogens (tertiary/aromatic N) is 3. The Kier molecular flexibility index (Phi) is 7.65. The van der Waals surface area contributed by atoms with E-state index >= 15 is 0 Å². The molecule has 3 aliphatic rings. The highest BCUT2D eigenvalue weighted by Crippen LogP contribution is 2.33. The van der Waals surface area contributed by atoms with Crippen molar-refractivity contribution in [3.63, 3.8) is 0 Å². The van der Waals surface area contributed by atoms with Crippen LogP contribution in [0.4, 0.5) is 0 Å². The van der Waals surface area contributed by atoms with Crippen molar-refractivity contribution >= 4 is 39.1 Å². The molecule has 5 rings (SSSR count). The number of piperidine rings is 1. The number of carbonyl (C=O) groups excluding carboxylic acids is 1. The van der Waals surface area contributed by atoms with Crippen LogP contribution in [0.3, 0.4) is 0 Å². The Morgan fingerprint density at radius 3 is 2.44 bits per heavy atom. The Morgan fingerprint density at radius 1 is 0.917 bits per heavy atom. The van der Waals surface area contributed by atoms with Crippen molar-refractivity contribution in [2.75, 3.05) is 46.1 Å². The van der Waals surface area contributed by atoms with Crippen molar-refractivity contribution in [1.82, 2.24) is 14.1 Å². The van der Waals surface area contributed by atoms with Crippen LogP contribution in [-0.4, -0.2) is 74.5 Å². The number of carbonyl (C=O) groups is 1. The van der Waals surface area contributed by atoms with E-state index in [4.69, 9.17) is 32.7 Å². The molecule has 2 aromatic carbocycles. The summed E-state index contributed by atoms with van der Waals surface area (Å²) >= 11 is 12.0. The van der Waals surface area contributed by atoms with Gasteiger partial charge in [-0.3, -0.25) is 9.69 Å². The molecule has 2 fully saturated rings. The highest BCUT2D eigenvalue weighted by atomic mass is 35.5. The van der Waals surface area contributed by atoms with Crippen LogP contribution >= 0.6 is 23.2 Å². The third-order valence-electron chi connectivity index (χ3n) is 6.99. The standard InChI is InChI=1S/C25H29Cl2N3O5S/c26-21-5-3-19(12-22(21)27)16-36(32,33)30-7-1-2-20(15-30)25(31)29-10-8-28(9-11-29)14-18-4-6-23-24(13-18)35-17-34-23/h3-6,12-13,20H,1-2,7-11,14-17H2/t20-/m1/s1. The lowest BCUT2D eigenvalue weighted by Crippen LogP contribution is -2.52. The molecule has 11 heteroatoms. The summed E-state index contributed by atoms with van der Waals surface area (Å²) in [6.07, 6.45) is 1.37. The van der Waals surface area contributed by atoms with Gasteiger partial charge in [-0.05, 0) is 48.2 Å². The average molecular weight is 554 g/mol. The third kappa shape index (κ3) is 5.75. The van der Waals surface area contributed by atoms with Crippen LogP contribution in [0.2, 0.25) is 10.0 Å². The van der Waals surface area contributed by atoms with Crippen LogP contribution in [0.25, 0.3) is 0 Å². The summed E-state index contributed by atoms with van der Waals surface area (Å²) in [5.41, 5.74) is 1.73. The number of fused-ring (bicyclic) bond motifs is 1. The van der Waals surface area contributed by atoms with E-state index in [0.717, 1.165) is 36.7 Å². The number of hydrogen-bond donors (Lipinski definition) is 0. The number of piperazine rings is 1. The Bertz CT molecular complexity index is 1230. The molecule has 0 N–H and O–H groups in total. The van der Waals surface area contributed by atoms with Gasteiger partial charge in [-0.2, -0.15) is 0 Å². The average Bonchev–Trinajstić information content (AvgIpc) is 3.34. The van der Waals surface area contributed by atoms with E-state index in [1.807, 2.05) is 23.1 Å². The molecule has 194 valence electrons. The summed E-state index contributed by atoms with van der Waals surface area (Å²) < 4.78 is 38.5. The topological polar surface area (TPSA) is 79.4 Å². The SMILES string of the molecule is O=C([C@@H]1CCCN(S(=O)(=O)Cc2ccc(Cl)c(Cl)c2)C1)N1CCN(Cc2ccc3c(c2)OCO3)CC1. The minimum absolute atomic E-state index is 0.0483. The lowest BCUT2D eigenvalue weighted by Gasteiger charge is -2.38. The minimum Gasteiger partial charge on any atom is -0.454 e. The van der Waals surface area contributed by atoms with Crippen LogP contribution in [0.15, 0.2) is 36.4 Å². The zero-order valence-electron chi connectivity index (χ0n) is 19.9. The van der Waals surface area contributed by atoms with Gasteiger partial charge in [-0.1, -0.05) is 35.3 Å². The maximum Gasteiger partial charge on any atom is 0.231 e. The molecule has 0 radical (unpaired) electrons. The molecule has 0 saturated carbocycles. The molecular formula is C25H29Cl2N3O5S. The summed E-state index contributed by atoms with van der Waals surface area (Å²) in [6, 6.07) is 10.8. The molecule has 0 bridgehead atoms. The van der Waals surface area contributed by atoms with Gasteiger partial charge in [-0.15, -0.1) is 0 Å². The van der Waals surface area contributed by atoms with Gasteiger partial charge in [0.25, 0.3) is 0 Å². The van der Waals surface area contributed by atoms with Crippen molar-refractivity contribution in [3.05, 3.63) is 57.6 Å². The highest BCUT2D eigenvalue weighted by molar-refractivity contribution is 7.88. The molecule has 0 aliphatic carbocycles. The van der Waals surface area contributed by atoms with Crippen LogP contribution < -0.4 is 9.47 Å². The predicted molar refractivity (Wildman–Crippen MR) is 138 cm³/mol. The smallest absolute Gasteiger partial charge is 0.231 e. The summed E-state index contributed by atoms with van der Waals surface area (Å²) in [5.74, 6) is 1.12. The van der Waals surface area contributed by atoms with Crippen molar-refractivity contribution in [2.24, 2.45) is 5.92 Å². The molecule has 3 heterocycles. The molecular weight excluding hydrogens is 525 g/mol. The number of amides is 1. The lowest BCUT2D eigenvalue weighted by atomic mass is 9.97. The van der Waals surface area contributed by atoms with Gasteiger partial charge < -0.3 is 14.4 Å². The summed E-state index contributed by atoms with van der Waals surface area (Å²) in [4.78, 5) is 17.5. The number of hydrogen-bond acceptors (Lipinski definition) is 6. The van der Waals surface area contributed by atoms with Gasteiger partial charge in [0, 0.05) is 45.8 Å². The van der Waals surface area contributed by atoms with E-state index in [1.165, 1.54) is 4.31 Å². The maximum atomic E-state index is 13.3. The fourth-order valence-electron chi connectivity index (χ4n) is 5.01. The number of rotatable bonds is 6. The lowest BCUT2D eigenvalue weighted by molar-refractivity contribution is -0.138. The van der Waals surface area contributed by atoms with Crippen LogP contribution in [0.1, 0.15) is 24.0 Å². The quantitative estimate of drug-likeness (QED) is 0.543. The van der Waals surface area contributed by atoms with E-state index in [-0.39, 0.29) is 30.9 Å². The monoisotopic (exact) mass is 553 g/mol. The first kappa shape index (κ1) is 25.6. The van der Waals surface area contributed by atoms with E-state index < -0.39 is 10.0 Å². The van der Waals surface area contributed by atoms with E-state index in [1.54, 1.807) is 18.2 Å². The summed E-state index contributed by atoms with van der Waals surface area (Å²) in [5, 5.41) is 0.714. The molecule has 1 amide bonds. The van der Waals surface area contributed by atoms with E-state index in [0.29, 0.717) is 48.1 Å². The van der Waals surface area contributed by atoms with Gasteiger partial charge >= 0.3 is 0 Å². The first-order valence-electron chi connectivity index (χ1n) is 12.1. The molecule has 0 unspecified atom stereocenters. The van der Waals surface area contributed by atoms with Crippen molar-refractivity contribution < 1.29 is 22.7 Å². The fraction of sp³-hybridized carbons (Fsp3) is 0.480. The first-order chi connectivity index (χ1) is 17.3. The number of ether oxygens (including phenoxy) is 2. The third-order valence-corrected chi connectivity index (χ3v) is 9.54. The Balaban J connectivity index is 1.14. The molecule has 0 aromatic heterocycles. The molecule has 0 spiro atoms. The zero-order chi connectivity index (χ0) is 25.3. The normalized spacial score (nSPS) is 21.1. The van der Waals surface area contributed by atoms with Crippen molar-refractivity contribution in [3.8, 4) is 11.5 Å². The number of benzene rings is 2. The molecule has 3 aliphatic heterocycles. The fourth-order valence-corrected chi connectivity index (χ4v) is 6.93. The van der Waals surface area contributed by atoms with Crippen molar-refractivity contribution in [1.29, 1.82) is 0 Å². The summed E-state index contributed by atoms with van der Waals surface area (Å²) in [6.45, 7) is 4.50. The Labute approximate surface area is 221 Å². The van der Waals surface area contributed by atoms with Gasteiger partial charge in [0.1, 0.15) is 0 Å². The number of sulfonamides is 1.